The quantitative estimate of drug-likeness (QED) is 0.785. The zero-order valence-electron chi connectivity index (χ0n) is 8.67. The molecule has 84 valence electrons. The fourth-order valence-electron chi connectivity index (χ4n) is 1.30. The number of benzene rings is 1. The van der Waals surface area contributed by atoms with Gasteiger partial charge in [-0.2, -0.15) is 0 Å². The highest BCUT2D eigenvalue weighted by atomic mass is 19.3. The fourth-order valence-corrected chi connectivity index (χ4v) is 1.30. The Morgan fingerprint density at radius 2 is 2.07 bits per heavy atom. The van der Waals surface area contributed by atoms with Gasteiger partial charge in [0.1, 0.15) is 6.61 Å². The Bertz CT molecular complexity index is 292. The van der Waals surface area contributed by atoms with Gasteiger partial charge in [0.15, 0.2) is 0 Å². The lowest BCUT2D eigenvalue weighted by atomic mass is 10.1. The second kappa shape index (κ2) is 6.48. The standard InChI is InChI=1S/C11H15F2NO/c1-14-6-9-3-2-4-10(5-9)7-15-8-11(12)13/h2-5,11,14H,6-8H2,1H3. The Labute approximate surface area is 88.3 Å². The summed E-state index contributed by atoms with van der Waals surface area (Å²) in [5.41, 5.74) is 2.04. The summed E-state index contributed by atoms with van der Waals surface area (Å²) in [6.07, 6.45) is -2.40. The molecule has 0 atom stereocenters. The van der Waals surface area contributed by atoms with Crippen LogP contribution in [0.5, 0.6) is 0 Å². The van der Waals surface area contributed by atoms with E-state index in [1.54, 1.807) is 0 Å². The van der Waals surface area contributed by atoms with Crippen molar-refractivity contribution in [3.8, 4) is 0 Å². The van der Waals surface area contributed by atoms with Crippen LogP contribution in [0.1, 0.15) is 11.1 Å². The minimum Gasteiger partial charge on any atom is -0.371 e. The van der Waals surface area contributed by atoms with E-state index in [4.69, 9.17) is 4.74 Å². The van der Waals surface area contributed by atoms with Gasteiger partial charge < -0.3 is 10.1 Å². The molecule has 0 heterocycles. The maximum atomic E-state index is 11.8. The van der Waals surface area contributed by atoms with E-state index in [2.05, 4.69) is 5.32 Å². The Morgan fingerprint density at radius 1 is 1.33 bits per heavy atom. The highest BCUT2D eigenvalue weighted by Crippen LogP contribution is 2.07. The highest BCUT2D eigenvalue weighted by molar-refractivity contribution is 5.22. The van der Waals surface area contributed by atoms with Crippen molar-refractivity contribution in [3.05, 3.63) is 35.4 Å². The number of rotatable bonds is 6. The third kappa shape index (κ3) is 4.85. The van der Waals surface area contributed by atoms with Crippen molar-refractivity contribution in [1.82, 2.24) is 5.32 Å². The molecule has 4 heteroatoms. The smallest absolute Gasteiger partial charge is 0.261 e. The monoisotopic (exact) mass is 215 g/mol. The molecule has 0 aromatic heterocycles. The number of hydrogen-bond donors (Lipinski definition) is 1. The van der Waals surface area contributed by atoms with Gasteiger partial charge in [0.2, 0.25) is 0 Å². The summed E-state index contributed by atoms with van der Waals surface area (Å²) >= 11 is 0. The van der Waals surface area contributed by atoms with Crippen molar-refractivity contribution in [1.29, 1.82) is 0 Å². The molecule has 0 aliphatic rings. The zero-order chi connectivity index (χ0) is 11.1. The lowest BCUT2D eigenvalue weighted by Gasteiger charge is -2.06. The predicted molar refractivity (Wildman–Crippen MR) is 54.9 cm³/mol. The highest BCUT2D eigenvalue weighted by Gasteiger charge is 2.02. The van der Waals surface area contributed by atoms with Gasteiger partial charge in [-0.05, 0) is 18.2 Å². The molecule has 0 saturated carbocycles. The molecule has 2 nitrogen and oxygen atoms in total. The largest absolute Gasteiger partial charge is 0.371 e. The van der Waals surface area contributed by atoms with Gasteiger partial charge in [-0.15, -0.1) is 0 Å². The summed E-state index contributed by atoms with van der Waals surface area (Å²) in [5, 5.41) is 3.02. The van der Waals surface area contributed by atoms with Crippen LogP contribution < -0.4 is 5.32 Å². The molecule has 0 spiro atoms. The molecule has 15 heavy (non-hydrogen) atoms. The molecular weight excluding hydrogens is 200 g/mol. The summed E-state index contributed by atoms with van der Waals surface area (Å²) in [7, 11) is 1.86. The van der Waals surface area contributed by atoms with E-state index in [0.717, 1.165) is 17.7 Å². The van der Waals surface area contributed by atoms with Crippen LogP contribution in [0, 0.1) is 0 Å². The molecule has 1 N–H and O–H groups in total. The van der Waals surface area contributed by atoms with E-state index in [1.807, 2.05) is 31.3 Å². The molecule has 0 unspecified atom stereocenters. The van der Waals surface area contributed by atoms with E-state index < -0.39 is 13.0 Å². The second-order valence-electron chi connectivity index (χ2n) is 3.26. The van der Waals surface area contributed by atoms with E-state index in [0.29, 0.717) is 0 Å². The molecular formula is C11H15F2NO. The number of hydrogen-bond acceptors (Lipinski definition) is 2. The maximum absolute atomic E-state index is 11.8. The van der Waals surface area contributed by atoms with Crippen LogP contribution in [0.15, 0.2) is 24.3 Å². The molecule has 0 saturated heterocycles. The van der Waals surface area contributed by atoms with E-state index in [-0.39, 0.29) is 6.61 Å². The third-order valence-corrected chi connectivity index (χ3v) is 1.88. The molecule has 1 aromatic rings. The minimum absolute atomic E-state index is 0.238. The van der Waals surface area contributed by atoms with Crippen molar-refractivity contribution in [2.45, 2.75) is 19.6 Å². The normalized spacial score (nSPS) is 10.9. The fraction of sp³-hybridized carbons (Fsp3) is 0.455. The Balaban J connectivity index is 2.43. The van der Waals surface area contributed by atoms with Gasteiger partial charge in [-0.3, -0.25) is 0 Å². The number of alkyl halides is 2. The Morgan fingerprint density at radius 3 is 2.73 bits per heavy atom. The van der Waals surface area contributed by atoms with Gasteiger partial charge in [0.05, 0.1) is 6.61 Å². The lowest BCUT2D eigenvalue weighted by Crippen LogP contribution is -2.06. The predicted octanol–water partition coefficient (Wildman–Crippen LogP) is 2.19. The van der Waals surface area contributed by atoms with Gasteiger partial charge in [-0.25, -0.2) is 8.78 Å². The Hall–Kier alpha value is -1.00. The molecule has 0 fully saturated rings. The minimum atomic E-state index is -2.40. The molecule has 0 aliphatic carbocycles. The first-order valence-corrected chi connectivity index (χ1v) is 4.80. The van der Waals surface area contributed by atoms with Crippen LogP contribution in [0.2, 0.25) is 0 Å². The van der Waals surface area contributed by atoms with E-state index in [9.17, 15) is 8.78 Å². The van der Waals surface area contributed by atoms with E-state index >= 15 is 0 Å². The van der Waals surface area contributed by atoms with Crippen LogP contribution in [-0.2, 0) is 17.9 Å². The molecule has 0 bridgehead atoms. The second-order valence-corrected chi connectivity index (χ2v) is 3.26. The number of nitrogens with one attached hydrogen (secondary N) is 1. The molecule has 0 amide bonds. The van der Waals surface area contributed by atoms with E-state index in [1.165, 1.54) is 0 Å². The van der Waals surface area contributed by atoms with Crippen molar-refractivity contribution in [3.63, 3.8) is 0 Å². The van der Waals surface area contributed by atoms with Gasteiger partial charge in [-0.1, -0.05) is 24.3 Å². The van der Waals surface area contributed by atoms with Crippen LogP contribution in [0.25, 0.3) is 0 Å². The topological polar surface area (TPSA) is 21.3 Å². The summed E-state index contributed by atoms with van der Waals surface area (Å²) in [4.78, 5) is 0. The van der Waals surface area contributed by atoms with Crippen molar-refractivity contribution >= 4 is 0 Å². The summed E-state index contributed by atoms with van der Waals surface area (Å²) < 4.78 is 28.4. The maximum Gasteiger partial charge on any atom is 0.261 e. The van der Waals surface area contributed by atoms with Crippen molar-refractivity contribution in [2.75, 3.05) is 13.7 Å². The van der Waals surface area contributed by atoms with Crippen molar-refractivity contribution < 1.29 is 13.5 Å². The molecule has 1 rings (SSSR count). The van der Waals surface area contributed by atoms with Crippen LogP contribution >= 0.6 is 0 Å². The molecule has 0 aliphatic heterocycles. The molecule has 0 radical (unpaired) electrons. The number of ether oxygens (including phenoxy) is 1. The summed E-state index contributed by atoms with van der Waals surface area (Å²) in [6, 6.07) is 7.69. The summed E-state index contributed by atoms with van der Waals surface area (Å²) in [5.74, 6) is 0. The third-order valence-electron chi connectivity index (χ3n) is 1.88. The zero-order valence-corrected chi connectivity index (χ0v) is 8.67. The average Bonchev–Trinajstić information content (AvgIpc) is 2.18. The molecule has 1 aromatic carbocycles. The first-order chi connectivity index (χ1) is 7.22. The lowest BCUT2D eigenvalue weighted by molar-refractivity contribution is 0.00986. The average molecular weight is 215 g/mol. The van der Waals surface area contributed by atoms with Gasteiger partial charge in [0, 0.05) is 6.54 Å². The van der Waals surface area contributed by atoms with Crippen LogP contribution in [0.4, 0.5) is 8.78 Å². The Kier molecular flexibility index (Phi) is 5.21. The SMILES string of the molecule is CNCc1cccc(COCC(F)F)c1. The van der Waals surface area contributed by atoms with Gasteiger partial charge >= 0.3 is 0 Å². The van der Waals surface area contributed by atoms with Crippen molar-refractivity contribution in [2.24, 2.45) is 0 Å². The first kappa shape index (κ1) is 12.1. The first-order valence-electron chi connectivity index (χ1n) is 4.80. The number of halogens is 2. The summed E-state index contributed by atoms with van der Waals surface area (Å²) in [6.45, 7) is 0.501. The van der Waals surface area contributed by atoms with Crippen LogP contribution in [-0.4, -0.2) is 20.1 Å². The van der Waals surface area contributed by atoms with Gasteiger partial charge in [0.25, 0.3) is 6.43 Å². The van der Waals surface area contributed by atoms with Crippen LogP contribution in [0.3, 0.4) is 0 Å².